The van der Waals surface area contributed by atoms with Crippen LogP contribution in [0.5, 0.6) is 0 Å². The number of aliphatic carboxylic acids is 1. The quantitative estimate of drug-likeness (QED) is 0.817. The van der Waals surface area contributed by atoms with Crippen molar-refractivity contribution in [1.29, 1.82) is 0 Å². The predicted molar refractivity (Wildman–Crippen MR) is 76.5 cm³/mol. The third-order valence-electron chi connectivity index (χ3n) is 4.85. The van der Waals surface area contributed by atoms with Gasteiger partial charge in [-0.1, -0.05) is 13.8 Å². The number of carboxylic acids is 1. The predicted octanol–water partition coefficient (Wildman–Crippen LogP) is 2.46. The molecule has 2 N–H and O–H groups in total. The summed E-state index contributed by atoms with van der Waals surface area (Å²) in [6.45, 7) is 6.61. The Bertz CT molecular complexity index is 389. The van der Waals surface area contributed by atoms with Crippen LogP contribution in [-0.4, -0.2) is 40.1 Å². The Morgan fingerprint density at radius 1 is 1.20 bits per heavy atom. The largest absolute Gasteiger partial charge is 0.480 e. The maximum atomic E-state index is 12.4. The first kappa shape index (κ1) is 15.1. The fourth-order valence-electron chi connectivity index (χ4n) is 3.83. The second-order valence-electron chi connectivity index (χ2n) is 6.90. The van der Waals surface area contributed by atoms with E-state index in [0.29, 0.717) is 24.8 Å². The van der Waals surface area contributed by atoms with E-state index in [1.54, 1.807) is 6.92 Å². The number of carbonyl (C=O) groups excluding carboxylic acids is 1. The van der Waals surface area contributed by atoms with E-state index in [1.807, 2.05) is 0 Å². The molecule has 0 spiro atoms. The molecule has 0 radical (unpaired) electrons. The summed E-state index contributed by atoms with van der Waals surface area (Å²) in [5.74, 6) is 0.331. The minimum absolute atomic E-state index is 0.180. The van der Waals surface area contributed by atoms with E-state index in [9.17, 15) is 14.7 Å². The zero-order valence-electron chi connectivity index (χ0n) is 12.7. The first-order valence-corrected chi connectivity index (χ1v) is 7.64. The van der Waals surface area contributed by atoms with Crippen molar-refractivity contribution in [2.24, 2.45) is 11.8 Å². The monoisotopic (exact) mass is 282 g/mol. The van der Waals surface area contributed by atoms with Gasteiger partial charge in [0.1, 0.15) is 5.54 Å². The number of hydrogen-bond acceptors (Lipinski definition) is 2. The SMILES string of the molecule is CC1CC(C)CC(NC(=O)N2CCCC2(C)C(=O)O)C1. The van der Waals surface area contributed by atoms with Crippen molar-refractivity contribution >= 4 is 12.0 Å². The Labute approximate surface area is 120 Å². The lowest BCUT2D eigenvalue weighted by atomic mass is 9.80. The minimum atomic E-state index is -1.05. The third-order valence-corrected chi connectivity index (χ3v) is 4.85. The van der Waals surface area contributed by atoms with Crippen molar-refractivity contribution in [2.45, 2.75) is 64.5 Å². The molecule has 2 fully saturated rings. The molecule has 0 bridgehead atoms. The highest BCUT2D eigenvalue weighted by atomic mass is 16.4. The van der Waals surface area contributed by atoms with Gasteiger partial charge in [-0.15, -0.1) is 0 Å². The van der Waals surface area contributed by atoms with Gasteiger partial charge in [-0.2, -0.15) is 0 Å². The zero-order chi connectivity index (χ0) is 14.9. The van der Waals surface area contributed by atoms with Gasteiger partial charge in [0.25, 0.3) is 0 Å². The summed E-state index contributed by atoms with van der Waals surface area (Å²) in [6.07, 6.45) is 4.49. The Kier molecular flexibility index (Phi) is 4.25. The van der Waals surface area contributed by atoms with Crippen molar-refractivity contribution in [2.75, 3.05) is 6.54 Å². The number of carboxylic acid groups (broad SMARTS) is 1. The van der Waals surface area contributed by atoms with Crippen molar-refractivity contribution < 1.29 is 14.7 Å². The number of amides is 2. The molecule has 114 valence electrons. The second kappa shape index (κ2) is 5.62. The number of hydrogen-bond donors (Lipinski definition) is 2. The van der Waals surface area contributed by atoms with Gasteiger partial charge < -0.3 is 15.3 Å². The molecule has 3 unspecified atom stereocenters. The first-order chi connectivity index (χ1) is 9.33. The van der Waals surface area contributed by atoms with Crippen LogP contribution in [0.15, 0.2) is 0 Å². The van der Waals surface area contributed by atoms with E-state index in [0.717, 1.165) is 19.3 Å². The fourth-order valence-corrected chi connectivity index (χ4v) is 3.83. The van der Waals surface area contributed by atoms with Crippen molar-refractivity contribution in [3.05, 3.63) is 0 Å². The van der Waals surface area contributed by atoms with Crippen molar-refractivity contribution in [1.82, 2.24) is 10.2 Å². The van der Waals surface area contributed by atoms with Crippen LogP contribution in [0.1, 0.15) is 52.9 Å². The molecule has 0 aromatic carbocycles. The summed E-state index contributed by atoms with van der Waals surface area (Å²) >= 11 is 0. The highest BCUT2D eigenvalue weighted by Crippen LogP contribution is 2.31. The van der Waals surface area contributed by atoms with Crippen LogP contribution < -0.4 is 5.32 Å². The molecule has 5 heteroatoms. The molecule has 1 heterocycles. The maximum Gasteiger partial charge on any atom is 0.329 e. The summed E-state index contributed by atoms with van der Waals surface area (Å²) in [5, 5.41) is 12.4. The standard InChI is InChI=1S/C15H26N2O3/c1-10-7-11(2)9-12(8-10)16-14(20)17-6-4-5-15(17,3)13(18)19/h10-12H,4-9H2,1-3H3,(H,16,20)(H,18,19). The van der Waals surface area contributed by atoms with E-state index < -0.39 is 11.5 Å². The number of urea groups is 1. The number of nitrogens with zero attached hydrogens (tertiary/aromatic N) is 1. The van der Waals surface area contributed by atoms with Gasteiger partial charge in [0, 0.05) is 12.6 Å². The molecule has 1 saturated heterocycles. The lowest BCUT2D eigenvalue weighted by Gasteiger charge is -2.36. The molecule has 1 aliphatic heterocycles. The molecule has 20 heavy (non-hydrogen) atoms. The molecule has 1 saturated carbocycles. The van der Waals surface area contributed by atoms with Gasteiger partial charge in [-0.25, -0.2) is 9.59 Å². The molecular formula is C15H26N2O3. The lowest BCUT2D eigenvalue weighted by molar-refractivity contribution is -0.147. The molecular weight excluding hydrogens is 256 g/mol. The average molecular weight is 282 g/mol. The van der Waals surface area contributed by atoms with Crippen LogP contribution in [0.4, 0.5) is 4.79 Å². The fraction of sp³-hybridized carbons (Fsp3) is 0.867. The number of nitrogens with one attached hydrogen (secondary N) is 1. The van der Waals surface area contributed by atoms with Gasteiger partial charge in [-0.3, -0.25) is 0 Å². The molecule has 0 aromatic rings. The van der Waals surface area contributed by atoms with E-state index in [2.05, 4.69) is 19.2 Å². The smallest absolute Gasteiger partial charge is 0.329 e. The second-order valence-corrected chi connectivity index (χ2v) is 6.90. The molecule has 2 aliphatic rings. The topological polar surface area (TPSA) is 69.6 Å². The molecule has 2 rings (SSSR count). The van der Waals surface area contributed by atoms with Gasteiger partial charge in [0.15, 0.2) is 0 Å². The summed E-state index contributed by atoms with van der Waals surface area (Å²) in [5.41, 5.74) is -1.05. The zero-order valence-corrected chi connectivity index (χ0v) is 12.7. The summed E-state index contributed by atoms with van der Waals surface area (Å²) in [4.78, 5) is 25.3. The summed E-state index contributed by atoms with van der Waals surface area (Å²) in [7, 11) is 0. The highest BCUT2D eigenvalue weighted by Gasteiger charge is 2.46. The summed E-state index contributed by atoms with van der Waals surface area (Å²) in [6, 6.07) is -0.0291. The minimum Gasteiger partial charge on any atom is -0.480 e. The number of likely N-dealkylation sites (tertiary alicyclic amines) is 1. The van der Waals surface area contributed by atoms with Crippen LogP contribution >= 0.6 is 0 Å². The molecule has 2 amide bonds. The highest BCUT2D eigenvalue weighted by molar-refractivity contribution is 5.86. The Morgan fingerprint density at radius 2 is 1.80 bits per heavy atom. The van der Waals surface area contributed by atoms with E-state index in [1.165, 1.54) is 11.3 Å². The number of carbonyl (C=O) groups is 2. The first-order valence-electron chi connectivity index (χ1n) is 7.64. The Hall–Kier alpha value is -1.26. The van der Waals surface area contributed by atoms with E-state index in [-0.39, 0.29) is 12.1 Å². The van der Waals surface area contributed by atoms with Crippen LogP contribution in [-0.2, 0) is 4.79 Å². The average Bonchev–Trinajstić information content (AvgIpc) is 2.71. The number of rotatable bonds is 2. The summed E-state index contributed by atoms with van der Waals surface area (Å²) < 4.78 is 0. The lowest BCUT2D eigenvalue weighted by Crippen LogP contribution is -2.56. The normalized spacial score (nSPS) is 37.8. The van der Waals surface area contributed by atoms with E-state index >= 15 is 0 Å². The third kappa shape index (κ3) is 2.91. The van der Waals surface area contributed by atoms with E-state index in [4.69, 9.17) is 0 Å². The maximum absolute atomic E-state index is 12.4. The molecule has 1 aliphatic carbocycles. The molecule has 3 atom stereocenters. The van der Waals surface area contributed by atoms with Gasteiger partial charge in [0.2, 0.25) is 0 Å². The van der Waals surface area contributed by atoms with Crippen LogP contribution in [0.25, 0.3) is 0 Å². The van der Waals surface area contributed by atoms with Gasteiger partial charge >= 0.3 is 12.0 Å². The van der Waals surface area contributed by atoms with Crippen LogP contribution in [0.3, 0.4) is 0 Å². The van der Waals surface area contributed by atoms with Crippen molar-refractivity contribution in [3.8, 4) is 0 Å². The Balaban J connectivity index is 1.99. The van der Waals surface area contributed by atoms with Crippen LogP contribution in [0, 0.1) is 11.8 Å². The van der Waals surface area contributed by atoms with Crippen molar-refractivity contribution in [3.63, 3.8) is 0 Å². The Morgan fingerprint density at radius 3 is 2.35 bits per heavy atom. The van der Waals surface area contributed by atoms with Gasteiger partial charge in [0.05, 0.1) is 0 Å². The molecule has 5 nitrogen and oxygen atoms in total. The van der Waals surface area contributed by atoms with Crippen LogP contribution in [0.2, 0.25) is 0 Å². The molecule has 0 aromatic heterocycles. The van der Waals surface area contributed by atoms with Gasteiger partial charge in [-0.05, 0) is 50.9 Å².